The summed E-state index contributed by atoms with van der Waals surface area (Å²) in [6, 6.07) is 11.8. The molecule has 1 unspecified atom stereocenters. The van der Waals surface area contributed by atoms with Crippen LogP contribution in [0.5, 0.6) is 0 Å². The van der Waals surface area contributed by atoms with Crippen molar-refractivity contribution in [1.29, 1.82) is 0 Å². The van der Waals surface area contributed by atoms with Crippen LogP contribution in [0.25, 0.3) is 11.0 Å². The predicted molar refractivity (Wildman–Crippen MR) is 106 cm³/mol. The number of amides is 1. The van der Waals surface area contributed by atoms with Gasteiger partial charge in [0.2, 0.25) is 11.7 Å². The van der Waals surface area contributed by atoms with Crippen molar-refractivity contribution in [2.45, 2.75) is 12.3 Å². The summed E-state index contributed by atoms with van der Waals surface area (Å²) in [5, 5.41) is 3.36. The first-order chi connectivity index (χ1) is 14.3. The van der Waals surface area contributed by atoms with Crippen LogP contribution in [0.2, 0.25) is 5.02 Å². The summed E-state index contributed by atoms with van der Waals surface area (Å²) in [4.78, 5) is 20.2. The van der Waals surface area contributed by atoms with Gasteiger partial charge >= 0.3 is 6.18 Å². The molecule has 30 heavy (non-hydrogen) atoms. The zero-order chi connectivity index (χ0) is 21.3. The Kier molecular flexibility index (Phi) is 5.68. The van der Waals surface area contributed by atoms with Crippen molar-refractivity contribution in [2.75, 3.05) is 31.6 Å². The standard InChI is InChI=1S/C20H18ClF3N4O2/c21-13-3-1-12(2-4-13)17-10-28(7-8-30-17)11-18(29)25-14-5-6-15-16(9-14)27-19(26-15)20(22,23)24/h1-6,9,17H,7-8,10-11H2,(H,25,29)(H,26,27). The third-order valence-corrected chi connectivity index (χ3v) is 5.05. The van der Waals surface area contributed by atoms with Crippen molar-refractivity contribution in [3.8, 4) is 0 Å². The molecule has 0 radical (unpaired) electrons. The summed E-state index contributed by atoms with van der Waals surface area (Å²) in [5.74, 6) is -1.33. The van der Waals surface area contributed by atoms with Crippen LogP contribution in [0.1, 0.15) is 17.5 Å². The van der Waals surface area contributed by atoms with Gasteiger partial charge in [0.25, 0.3) is 0 Å². The van der Waals surface area contributed by atoms with Crippen molar-refractivity contribution in [3.63, 3.8) is 0 Å². The van der Waals surface area contributed by atoms with Gasteiger partial charge in [-0.15, -0.1) is 0 Å². The molecule has 0 spiro atoms. The van der Waals surface area contributed by atoms with Gasteiger partial charge < -0.3 is 15.0 Å². The summed E-state index contributed by atoms with van der Waals surface area (Å²) in [5.41, 5.74) is 1.76. The van der Waals surface area contributed by atoms with Gasteiger partial charge in [-0.1, -0.05) is 23.7 Å². The first-order valence-electron chi connectivity index (χ1n) is 9.24. The Labute approximate surface area is 175 Å². The van der Waals surface area contributed by atoms with Crippen molar-refractivity contribution in [3.05, 3.63) is 58.9 Å². The molecule has 3 aromatic rings. The number of ether oxygens (including phenoxy) is 1. The van der Waals surface area contributed by atoms with E-state index in [1.54, 1.807) is 12.1 Å². The molecule has 158 valence electrons. The number of anilines is 1. The van der Waals surface area contributed by atoms with E-state index in [1.165, 1.54) is 18.2 Å². The van der Waals surface area contributed by atoms with Gasteiger partial charge in [-0.25, -0.2) is 4.98 Å². The maximum atomic E-state index is 12.8. The Morgan fingerprint density at radius 1 is 1.27 bits per heavy atom. The van der Waals surface area contributed by atoms with Gasteiger partial charge in [0, 0.05) is 23.8 Å². The van der Waals surface area contributed by atoms with E-state index in [4.69, 9.17) is 16.3 Å². The second-order valence-electron chi connectivity index (χ2n) is 7.01. The number of carbonyl (C=O) groups is 1. The highest BCUT2D eigenvalue weighted by atomic mass is 35.5. The highest BCUT2D eigenvalue weighted by Gasteiger charge is 2.34. The van der Waals surface area contributed by atoms with E-state index in [1.807, 2.05) is 17.0 Å². The van der Waals surface area contributed by atoms with E-state index in [0.29, 0.717) is 30.4 Å². The number of aromatic amines is 1. The number of aromatic nitrogens is 2. The fourth-order valence-corrected chi connectivity index (χ4v) is 3.48. The number of halogens is 4. The molecule has 1 aliphatic heterocycles. The molecule has 1 saturated heterocycles. The number of carbonyl (C=O) groups excluding carboxylic acids is 1. The maximum absolute atomic E-state index is 12.8. The zero-order valence-corrected chi connectivity index (χ0v) is 16.4. The number of hydrogen-bond acceptors (Lipinski definition) is 4. The second-order valence-corrected chi connectivity index (χ2v) is 7.45. The van der Waals surface area contributed by atoms with Crippen LogP contribution in [0.4, 0.5) is 18.9 Å². The van der Waals surface area contributed by atoms with Crippen molar-refractivity contribution >= 4 is 34.2 Å². The van der Waals surface area contributed by atoms with Crippen LogP contribution in [0, 0.1) is 0 Å². The van der Waals surface area contributed by atoms with E-state index in [0.717, 1.165) is 5.56 Å². The molecule has 4 rings (SSSR count). The van der Waals surface area contributed by atoms with Crippen LogP contribution in [-0.2, 0) is 15.7 Å². The van der Waals surface area contributed by atoms with Crippen LogP contribution in [-0.4, -0.2) is 47.0 Å². The Balaban J connectivity index is 1.38. The van der Waals surface area contributed by atoms with E-state index in [9.17, 15) is 18.0 Å². The Morgan fingerprint density at radius 3 is 2.77 bits per heavy atom. The first-order valence-corrected chi connectivity index (χ1v) is 9.62. The number of hydrogen-bond donors (Lipinski definition) is 2. The number of nitrogens with zero attached hydrogens (tertiary/aromatic N) is 2. The topological polar surface area (TPSA) is 70.2 Å². The second kappa shape index (κ2) is 8.25. The zero-order valence-electron chi connectivity index (χ0n) is 15.7. The molecule has 1 fully saturated rings. The lowest BCUT2D eigenvalue weighted by molar-refractivity contribution is -0.144. The fraction of sp³-hybridized carbons (Fsp3) is 0.300. The molecule has 0 bridgehead atoms. The number of alkyl halides is 3. The van der Waals surface area contributed by atoms with Gasteiger partial charge in [-0.05, 0) is 35.9 Å². The van der Waals surface area contributed by atoms with Crippen LogP contribution >= 0.6 is 11.6 Å². The van der Waals surface area contributed by atoms with Gasteiger partial charge in [-0.2, -0.15) is 13.2 Å². The average molecular weight is 439 g/mol. The number of morpholine rings is 1. The van der Waals surface area contributed by atoms with Crippen LogP contribution < -0.4 is 5.32 Å². The third-order valence-electron chi connectivity index (χ3n) is 4.79. The van der Waals surface area contributed by atoms with Crippen molar-refractivity contribution < 1.29 is 22.7 Å². The Morgan fingerprint density at radius 2 is 2.03 bits per heavy atom. The average Bonchev–Trinajstić information content (AvgIpc) is 3.12. The summed E-state index contributed by atoms with van der Waals surface area (Å²) in [6.07, 6.45) is -4.72. The molecular weight excluding hydrogens is 421 g/mol. The molecule has 2 N–H and O–H groups in total. The minimum Gasteiger partial charge on any atom is -0.371 e. The quantitative estimate of drug-likeness (QED) is 0.639. The smallest absolute Gasteiger partial charge is 0.371 e. The first kappa shape index (κ1) is 20.6. The monoisotopic (exact) mass is 438 g/mol. The SMILES string of the molecule is O=C(CN1CCOC(c2ccc(Cl)cc2)C1)Nc1ccc2nc(C(F)(F)F)[nH]c2c1. The van der Waals surface area contributed by atoms with Gasteiger partial charge in [0.1, 0.15) is 0 Å². The highest BCUT2D eigenvalue weighted by molar-refractivity contribution is 6.30. The van der Waals surface area contributed by atoms with Crippen molar-refractivity contribution in [1.82, 2.24) is 14.9 Å². The lowest BCUT2D eigenvalue weighted by Crippen LogP contribution is -2.42. The van der Waals surface area contributed by atoms with Gasteiger partial charge in [0.05, 0.1) is 30.3 Å². The largest absolute Gasteiger partial charge is 0.449 e. The molecule has 0 aliphatic carbocycles. The van der Waals surface area contributed by atoms with Gasteiger partial charge in [0.15, 0.2) is 0 Å². The molecular formula is C20H18ClF3N4O2. The molecule has 2 aromatic carbocycles. The normalized spacial score (nSPS) is 17.9. The van der Waals surface area contributed by atoms with E-state index in [-0.39, 0.29) is 29.6 Å². The summed E-state index contributed by atoms with van der Waals surface area (Å²) >= 11 is 5.92. The summed E-state index contributed by atoms with van der Waals surface area (Å²) in [6.45, 7) is 1.78. The molecule has 1 amide bonds. The summed E-state index contributed by atoms with van der Waals surface area (Å²) in [7, 11) is 0. The number of nitrogens with one attached hydrogen (secondary N) is 2. The Hall–Kier alpha value is -2.62. The molecule has 2 heterocycles. The number of imidazole rings is 1. The third kappa shape index (κ3) is 4.75. The molecule has 10 heteroatoms. The number of fused-ring (bicyclic) bond motifs is 1. The minimum atomic E-state index is -4.56. The number of rotatable bonds is 4. The summed E-state index contributed by atoms with van der Waals surface area (Å²) < 4.78 is 44.1. The highest BCUT2D eigenvalue weighted by Crippen LogP contribution is 2.29. The molecule has 0 saturated carbocycles. The van der Waals surface area contributed by atoms with E-state index >= 15 is 0 Å². The van der Waals surface area contributed by atoms with Crippen LogP contribution in [0.3, 0.4) is 0 Å². The van der Waals surface area contributed by atoms with Gasteiger partial charge in [-0.3, -0.25) is 9.69 Å². The van der Waals surface area contributed by atoms with Crippen molar-refractivity contribution in [2.24, 2.45) is 0 Å². The lowest BCUT2D eigenvalue weighted by Gasteiger charge is -2.32. The molecule has 6 nitrogen and oxygen atoms in total. The number of H-pyrrole nitrogens is 1. The lowest BCUT2D eigenvalue weighted by atomic mass is 10.1. The predicted octanol–water partition coefficient (Wildman–Crippen LogP) is 4.25. The molecule has 1 atom stereocenters. The maximum Gasteiger partial charge on any atom is 0.449 e. The minimum absolute atomic E-state index is 0.141. The molecule has 1 aromatic heterocycles. The Bertz CT molecular complexity index is 1050. The number of benzene rings is 2. The van der Waals surface area contributed by atoms with E-state index in [2.05, 4.69) is 15.3 Å². The fourth-order valence-electron chi connectivity index (χ4n) is 3.35. The van der Waals surface area contributed by atoms with E-state index < -0.39 is 12.0 Å². The van der Waals surface area contributed by atoms with Crippen LogP contribution in [0.15, 0.2) is 42.5 Å². The molecule has 1 aliphatic rings.